The SMILES string of the molecule is c1cnc2c(Cn3ccnc3)cccc2c1. The molecule has 3 aromatic rings. The second-order valence-corrected chi connectivity index (χ2v) is 3.73. The molecule has 2 aromatic heterocycles. The van der Waals surface area contributed by atoms with Crippen LogP contribution in [0.1, 0.15) is 5.56 Å². The number of hydrogen-bond acceptors (Lipinski definition) is 2. The first-order chi connectivity index (χ1) is 7.93. The van der Waals surface area contributed by atoms with E-state index in [2.05, 4.69) is 34.2 Å². The van der Waals surface area contributed by atoms with Crippen molar-refractivity contribution in [3.63, 3.8) is 0 Å². The number of hydrogen-bond donors (Lipinski definition) is 0. The highest BCUT2D eigenvalue weighted by Gasteiger charge is 2.01. The van der Waals surface area contributed by atoms with E-state index in [-0.39, 0.29) is 0 Å². The molecule has 0 aliphatic heterocycles. The van der Waals surface area contributed by atoms with E-state index < -0.39 is 0 Å². The van der Waals surface area contributed by atoms with Gasteiger partial charge in [-0.15, -0.1) is 0 Å². The van der Waals surface area contributed by atoms with Gasteiger partial charge in [0.2, 0.25) is 0 Å². The van der Waals surface area contributed by atoms with Crippen molar-refractivity contribution < 1.29 is 0 Å². The molecular formula is C13H11N3. The molecule has 0 aliphatic carbocycles. The van der Waals surface area contributed by atoms with Gasteiger partial charge in [-0.3, -0.25) is 4.98 Å². The maximum absolute atomic E-state index is 4.43. The molecule has 0 N–H and O–H groups in total. The molecule has 0 amide bonds. The van der Waals surface area contributed by atoms with Crippen LogP contribution >= 0.6 is 0 Å². The predicted octanol–water partition coefficient (Wildman–Crippen LogP) is 2.48. The quantitative estimate of drug-likeness (QED) is 0.649. The Kier molecular flexibility index (Phi) is 2.14. The maximum atomic E-state index is 4.43. The summed E-state index contributed by atoms with van der Waals surface area (Å²) in [6.07, 6.45) is 7.40. The molecule has 78 valence electrons. The Hall–Kier alpha value is -2.16. The van der Waals surface area contributed by atoms with E-state index in [1.54, 1.807) is 6.20 Å². The number of fused-ring (bicyclic) bond motifs is 1. The Bertz CT molecular complexity index is 594. The van der Waals surface area contributed by atoms with Gasteiger partial charge in [-0.1, -0.05) is 24.3 Å². The Balaban J connectivity index is 2.10. The number of aromatic nitrogens is 3. The zero-order valence-electron chi connectivity index (χ0n) is 8.74. The van der Waals surface area contributed by atoms with Crippen molar-refractivity contribution in [2.75, 3.05) is 0 Å². The highest BCUT2D eigenvalue weighted by Crippen LogP contribution is 2.16. The van der Waals surface area contributed by atoms with Gasteiger partial charge < -0.3 is 4.57 Å². The lowest BCUT2D eigenvalue weighted by Crippen LogP contribution is -1.98. The van der Waals surface area contributed by atoms with E-state index in [1.807, 2.05) is 29.4 Å². The molecule has 0 aliphatic rings. The second kappa shape index (κ2) is 3.77. The van der Waals surface area contributed by atoms with Crippen molar-refractivity contribution in [3.8, 4) is 0 Å². The summed E-state index contributed by atoms with van der Waals surface area (Å²) in [6.45, 7) is 0.814. The maximum Gasteiger partial charge on any atom is 0.0949 e. The topological polar surface area (TPSA) is 30.7 Å². The predicted molar refractivity (Wildman–Crippen MR) is 63.1 cm³/mol. The average Bonchev–Trinajstić information content (AvgIpc) is 2.82. The third-order valence-electron chi connectivity index (χ3n) is 2.63. The van der Waals surface area contributed by atoms with Crippen LogP contribution in [0.15, 0.2) is 55.2 Å². The van der Waals surface area contributed by atoms with Crippen molar-refractivity contribution in [1.29, 1.82) is 0 Å². The summed E-state index contributed by atoms with van der Waals surface area (Å²) >= 11 is 0. The number of benzene rings is 1. The van der Waals surface area contributed by atoms with Gasteiger partial charge >= 0.3 is 0 Å². The van der Waals surface area contributed by atoms with Crippen LogP contribution in [0.4, 0.5) is 0 Å². The molecule has 2 heterocycles. The van der Waals surface area contributed by atoms with E-state index in [1.165, 1.54) is 10.9 Å². The van der Waals surface area contributed by atoms with Gasteiger partial charge in [-0.2, -0.15) is 0 Å². The first-order valence-electron chi connectivity index (χ1n) is 5.22. The van der Waals surface area contributed by atoms with Gasteiger partial charge in [0.05, 0.1) is 18.4 Å². The summed E-state index contributed by atoms with van der Waals surface area (Å²) < 4.78 is 2.05. The second-order valence-electron chi connectivity index (χ2n) is 3.73. The van der Waals surface area contributed by atoms with Gasteiger partial charge in [0, 0.05) is 24.0 Å². The molecule has 0 unspecified atom stereocenters. The van der Waals surface area contributed by atoms with Crippen LogP contribution in [0.25, 0.3) is 10.9 Å². The highest BCUT2D eigenvalue weighted by atomic mass is 15.0. The highest BCUT2D eigenvalue weighted by molar-refractivity contribution is 5.81. The molecule has 0 fully saturated rings. The van der Waals surface area contributed by atoms with Crippen molar-refractivity contribution >= 4 is 10.9 Å². The zero-order chi connectivity index (χ0) is 10.8. The smallest absolute Gasteiger partial charge is 0.0949 e. The summed E-state index contributed by atoms with van der Waals surface area (Å²) in [4.78, 5) is 8.47. The molecule has 3 nitrogen and oxygen atoms in total. The lowest BCUT2D eigenvalue weighted by molar-refractivity contribution is 0.801. The van der Waals surface area contributed by atoms with E-state index in [0.29, 0.717) is 0 Å². The van der Waals surface area contributed by atoms with Gasteiger partial charge in [0.15, 0.2) is 0 Å². The molecule has 0 saturated carbocycles. The normalized spacial score (nSPS) is 10.8. The first kappa shape index (κ1) is 9.09. The lowest BCUT2D eigenvalue weighted by Gasteiger charge is -2.05. The van der Waals surface area contributed by atoms with E-state index in [4.69, 9.17) is 0 Å². The van der Waals surface area contributed by atoms with E-state index in [0.717, 1.165) is 12.1 Å². The number of nitrogens with zero attached hydrogens (tertiary/aromatic N) is 3. The van der Waals surface area contributed by atoms with Gasteiger partial charge in [-0.25, -0.2) is 4.98 Å². The largest absolute Gasteiger partial charge is 0.333 e. The monoisotopic (exact) mass is 209 g/mol. The fourth-order valence-electron chi connectivity index (χ4n) is 1.87. The van der Waals surface area contributed by atoms with Gasteiger partial charge in [-0.05, 0) is 11.6 Å². The van der Waals surface area contributed by atoms with Crippen LogP contribution < -0.4 is 0 Å². The zero-order valence-corrected chi connectivity index (χ0v) is 8.74. The average molecular weight is 209 g/mol. The Labute approximate surface area is 93.4 Å². The molecule has 0 spiro atoms. The van der Waals surface area contributed by atoms with Crippen molar-refractivity contribution in [1.82, 2.24) is 14.5 Å². The molecule has 0 saturated heterocycles. The third-order valence-corrected chi connectivity index (χ3v) is 2.63. The molecule has 0 atom stereocenters. The summed E-state index contributed by atoms with van der Waals surface area (Å²) in [5.74, 6) is 0. The van der Waals surface area contributed by atoms with Gasteiger partial charge in [0.1, 0.15) is 0 Å². The third kappa shape index (κ3) is 1.56. The van der Waals surface area contributed by atoms with E-state index in [9.17, 15) is 0 Å². The minimum atomic E-state index is 0.814. The van der Waals surface area contributed by atoms with Crippen LogP contribution in [0.3, 0.4) is 0 Å². The van der Waals surface area contributed by atoms with Crippen LogP contribution in [0.2, 0.25) is 0 Å². The molecule has 1 aromatic carbocycles. The molecule has 0 radical (unpaired) electrons. The number of para-hydroxylation sites is 1. The molecule has 3 rings (SSSR count). The minimum absolute atomic E-state index is 0.814. The standard InChI is InChI=1S/C13H11N3/c1-3-11-5-2-6-15-13(11)12(4-1)9-16-8-7-14-10-16/h1-8,10H,9H2. The Morgan fingerprint density at radius 3 is 2.88 bits per heavy atom. The number of imidazole rings is 1. The Morgan fingerprint density at radius 1 is 1.06 bits per heavy atom. The van der Waals surface area contributed by atoms with E-state index >= 15 is 0 Å². The van der Waals surface area contributed by atoms with Crippen molar-refractivity contribution in [2.45, 2.75) is 6.54 Å². The lowest BCUT2D eigenvalue weighted by atomic mass is 10.1. The number of rotatable bonds is 2. The molecule has 0 bridgehead atoms. The fraction of sp³-hybridized carbons (Fsp3) is 0.0769. The molecule has 3 heteroatoms. The van der Waals surface area contributed by atoms with Crippen LogP contribution in [-0.2, 0) is 6.54 Å². The summed E-state index contributed by atoms with van der Waals surface area (Å²) in [5.41, 5.74) is 2.29. The first-order valence-corrected chi connectivity index (χ1v) is 5.22. The summed E-state index contributed by atoms with van der Waals surface area (Å²) in [6, 6.07) is 10.3. The van der Waals surface area contributed by atoms with Crippen molar-refractivity contribution in [2.24, 2.45) is 0 Å². The summed E-state index contributed by atoms with van der Waals surface area (Å²) in [7, 11) is 0. The van der Waals surface area contributed by atoms with Crippen LogP contribution in [-0.4, -0.2) is 14.5 Å². The van der Waals surface area contributed by atoms with Crippen LogP contribution in [0.5, 0.6) is 0 Å². The fourth-order valence-corrected chi connectivity index (χ4v) is 1.87. The van der Waals surface area contributed by atoms with Gasteiger partial charge in [0.25, 0.3) is 0 Å². The van der Waals surface area contributed by atoms with Crippen molar-refractivity contribution in [3.05, 3.63) is 60.8 Å². The Morgan fingerprint density at radius 2 is 2.00 bits per heavy atom. The summed E-state index contributed by atoms with van der Waals surface area (Å²) in [5, 5.41) is 1.18. The molecule has 16 heavy (non-hydrogen) atoms. The molecular weight excluding hydrogens is 198 g/mol. The van der Waals surface area contributed by atoms with Crippen LogP contribution in [0, 0.1) is 0 Å². The minimum Gasteiger partial charge on any atom is -0.333 e. The number of pyridine rings is 1.